The molecule has 0 bridgehead atoms. The van der Waals surface area contributed by atoms with E-state index in [4.69, 9.17) is 5.73 Å². The van der Waals surface area contributed by atoms with Gasteiger partial charge in [0.05, 0.1) is 0 Å². The molecule has 3 N–H and O–H groups in total. The highest BCUT2D eigenvalue weighted by atomic mass is 16.2. The van der Waals surface area contributed by atoms with Crippen LogP contribution in [-0.4, -0.2) is 19.0 Å². The summed E-state index contributed by atoms with van der Waals surface area (Å²) in [5, 5.41) is 3.09. The quantitative estimate of drug-likeness (QED) is 0.744. The molecule has 1 amide bonds. The molecule has 3 atom stereocenters. The Bertz CT molecular complexity index is 242. The number of hydrogen-bond acceptors (Lipinski definition) is 2. The average molecular weight is 224 g/mol. The average Bonchev–Trinajstić information content (AvgIpc) is 3.00. The Morgan fingerprint density at radius 1 is 1.38 bits per heavy atom. The number of hydrogen-bond donors (Lipinski definition) is 2. The van der Waals surface area contributed by atoms with Crippen LogP contribution in [0.15, 0.2) is 0 Å². The summed E-state index contributed by atoms with van der Waals surface area (Å²) in [6, 6.07) is 0. The minimum Gasteiger partial charge on any atom is -0.356 e. The number of rotatable bonds is 5. The van der Waals surface area contributed by atoms with E-state index >= 15 is 0 Å². The van der Waals surface area contributed by atoms with E-state index in [1.807, 2.05) is 0 Å². The van der Waals surface area contributed by atoms with Gasteiger partial charge in [0.25, 0.3) is 0 Å². The molecule has 0 heterocycles. The van der Waals surface area contributed by atoms with Crippen molar-refractivity contribution in [2.75, 3.05) is 13.1 Å². The van der Waals surface area contributed by atoms with Gasteiger partial charge in [-0.05, 0) is 43.6 Å². The van der Waals surface area contributed by atoms with Gasteiger partial charge in [0.2, 0.25) is 5.91 Å². The Hall–Kier alpha value is -0.570. The number of fused-ring (bicyclic) bond motifs is 1. The van der Waals surface area contributed by atoms with Gasteiger partial charge < -0.3 is 11.1 Å². The van der Waals surface area contributed by atoms with Crippen molar-refractivity contribution >= 4 is 5.91 Å². The number of nitrogens with one attached hydrogen (secondary N) is 1. The number of carbonyl (C=O) groups excluding carboxylic acids is 1. The third-order valence-corrected chi connectivity index (χ3v) is 4.24. The van der Waals surface area contributed by atoms with Crippen molar-refractivity contribution in [2.24, 2.45) is 29.4 Å². The van der Waals surface area contributed by atoms with E-state index in [1.165, 1.54) is 25.7 Å². The van der Waals surface area contributed by atoms with Gasteiger partial charge in [-0.3, -0.25) is 4.79 Å². The van der Waals surface area contributed by atoms with Gasteiger partial charge in [0.15, 0.2) is 0 Å². The van der Waals surface area contributed by atoms with Crippen molar-refractivity contribution in [1.29, 1.82) is 0 Å². The summed E-state index contributed by atoms with van der Waals surface area (Å²) in [6.45, 7) is 3.66. The van der Waals surface area contributed by atoms with E-state index in [1.54, 1.807) is 0 Å². The molecule has 2 aliphatic carbocycles. The molecule has 0 aromatic carbocycles. The minimum absolute atomic E-state index is 0.306. The Morgan fingerprint density at radius 2 is 2.00 bits per heavy atom. The zero-order chi connectivity index (χ0) is 11.5. The summed E-state index contributed by atoms with van der Waals surface area (Å²) < 4.78 is 0. The molecule has 2 saturated carbocycles. The third-order valence-electron chi connectivity index (χ3n) is 4.24. The fraction of sp³-hybridized carbons (Fsp3) is 0.923. The lowest BCUT2D eigenvalue weighted by Gasteiger charge is -2.11. The smallest absolute Gasteiger partial charge is 0.223 e. The van der Waals surface area contributed by atoms with Crippen molar-refractivity contribution in [3.63, 3.8) is 0 Å². The second-order valence-electron chi connectivity index (χ2n) is 5.57. The maximum atomic E-state index is 11.9. The van der Waals surface area contributed by atoms with Crippen LogP contribution in [0, 0.1) is 23.7 Å². The van der Waals surface area contributed by atoms with Gasteiger partial charge in [-0.25, -0.2) is 0 Å². The SMILES string of the molecule is CC(CCN)CNC(=O)C1C2CCCCC21. The normalized spacial score (nSPS) is 34.0. The fourth-order valence-electron chi connectivity index (χ4n) is 3.16. The van der Waals surface area contributed by atoms with Gasteiger partial charge in [0.1, 0.15) is 0 Å². The molecular formula is C13H24N2O. The Morgan fingerprint density at radius 3 is 2.56 bits per heavy atom. The van der Waals surface area contributed by atoms with Crippen molar-refractivity contribution < 1.29 is 4.79 Å². The zero-order valence-electron chi connectivity index (χ0n) is 10.2. The summed E-state index contributed by atoms with van der Waals surface area (Å²) in [7, 11) is 0. The van der Waals surface area contributed by atoms with Gasteiger partial charge >= 0.3 is 0 Å². The van der Waals surface area contributed by atoms with E-state index < -0.39 is 0 Å². The second kappa shape index (κ2) is 5.17. The predicted octanol–water partition coefficient (Wildman–Crippen LogP) is 1.52. The van der Waals surface area contributed by atoms with E-state index in [9.17, 15) is 4.79 Å². The first-order valence-corrected chi connectivity index (χ1v) is 6.71. The molecule has 16 heavy (non-hydrogen) atoms. The van der Waals surface area contributed by atoms with Gasteiger partial charge in [-0.15, -0.1) is 0 Å². The lowest BCUT2D eigenvalue weighted by atomic mass is 10.0. The summed E-state index contributed by atoms with van der Waals surface area (Å²) in [5.74, 6) is 2.61. The molecule has 3 unspecified atom stereocenters. The van der Waals surface area contributed by atoms with Gasteiger partial charge in [0, 0.05) is 12.5 Å². The summed E-state index contributed by atoms with van der Waals surface area (Å²) >= 11 is 0. The third kappa shape index (κ3) is 2.57. The first kappa shape index (κ1) is 11.9. The van der Waals surface area contributed by atoms with Crippen LogP contribution in [0.5, 0.6) is 0 Å². The molecule has 0 saturated heterocycles. The second-order valence-corrected chi connectivity index (χ2v) is 5.57. The molecule has 92 valence electrons. The molecule has 2 aliphatic rings. The van der Waals surface area contributed by atoms with Crippen LogP contribution in [0.25, 0.3) is 0 Å². The topological polar surface area (TPSA) is 55.1 Å². The minimum atomic E-state index is 0.306. The predicted molar refractivity (Wildman–Crippen MR) is 64.8 cm³/mol. The van der Waals surface area contributed by atoms with E-state index in [2.05, 4.69) is 12.2 Å². The zero-order valence-corrected chi connectivity index (χ0v) is 10.2. The first-order chi connectivity index (χ1) is 7.74. The largest absolute Gasteiger partial charge is 0.356 e. The molecule has 0 aliphatic heterocycles. The van der Waals surface area contributed by atoms with Crippen molar-refractivity contribution in [2.45, 2.75) is 39.0 Å². The maximum absolute atomic E-state index is 11.9. The molecule has 3 nitrogen and oxygen atoms in total. The molecule has 2 fully saturated rings. The summed E-state index contributed by atoms with van der Waals surface area (Å²) in [6.07, 6.45) is 6.21. The maximum Gasteiger partial charge on any atom is 0.223 e. The number of amides is 1. The van der Waals surface area contributed by atoms with Crippen molar-refractivity contribution in [3.8, 4) is 0 Å². The molecule has 2 rings (SSSR count). The van der Waals surface area contributed by atoms with Crippen molar-refractivity contribution in [3.05, 3.63) is 0 Å². The van der Waals surface area contributed by atoms with Crippen LogP contribution in [0.2, 0.25) is 0 Å². The summed E-state index contributed by atoms with van der Waals surface area (Å²) in [5.41, 5.74) is 5.49. The van der Waals surface area contributed by atoms with Crippen LogP contribution in [0.3, 0.4) is 0 Å². The highest BCUT2D eigenvalue weighted by Gasteiger charge is 2.54. The lowest BCUT2D eigenvalue weighted by Crippen LogP contribution is -2.31. The van der Waals surface area contributed by atoms with Crippen LogP contribution in [-0.2, 0) is 4.79 Å². The summed E-state index contributed by atoms with van der Waals surface area (Å²) in [4.78, 5) is 11.9. The van der Waals surface area contributed by atoms with Crippen LogP contribution in [0.1, 0.15) is 39.0 Å². The van der Waals surface area contributed by atoms with Crippen LogP contribution in [0.4, 0.5) is 0 Å². The monoisotopic (exact) mass is 224 g/mol. The van der Waals surface area contributed by atoms with Crippen molar-refractivity contribution in [1.82, 2.24) is 5.32 Å². The van der Waals surface area contributed by atoms with Gasteiger partial charge in [-0.1, -0.05) is 19.8 Å². The van der Waals surface area contributed by atoms with Gasteiger partial charge in [-0.2, -0.15) is 0 Å². The Kier molecular flexibility index (Phi) is 3.85. The van der Waals surface area contributed by atoms with E-state index in [-0.39, 0.29) is 0 Å². The highest BCUT2D eigenvalue weighted by molar-refractivity contribution is 5.82. The molecule has 3 heteroatoms. The molecule has 0 radical (unpaired) electrons. The number of carbonyl (C=O) groups is 1. The number of nitrogens with two attached hydrogens (primary N) is 1. The van der Waals surface area contributed by atoms with E-state index in [0.717, 1.165) is 24.8 Å². The molecule has 0 aromatic rings. The lowest BCUT2D eigenvalue weighted by molar-refractivity contribution is -0.123. The van der Waals surface area contributed by atoms with E-state index in [0.29, 0.717) is 24.3 Å². The Labute approximate surface area is 98.2 Å². The van der Waals surface area contributed by atoms with Crippen LogP contribution >= 0.6 is 0 Å². The molecular weight excluding hydrogens is 200 g/mol. The fourth-order valence-corrected chi connectivity index (χ4v) is 3.16. The standard InChI is InChI=1S/C13H24N2O/c1-9(6-7-14)8-15-13(16)12-10-4-2-3-5-11(10)12/h9-12H,2-8,14H2,1H3,(H,15,16). The molecule has 0 spiro atoms. The highest BCUT2D eigenvalue weighted by Crippen LogP contribution is 2.55. The van der Waals surface area contributed by atoms with Crippen LogP contribution < -0.4 is 11.1 Å². The Balaban J connectivity index is 1.69. The molecule has 0 aromatic heterocycles. The first-order valence-electron chi connectivity index (χ1n) is 6.71.